The standard InChI is InChI=1S/C29H26F4N2O4S/c1-15-9-17(30)11-21(31)24(15)39-22-6-5-16(28(2,3)38)10-18(22)20-13-34(4)27(37)25-19(20)12-23(40-25)26(36)35-8-7-29(32,33)14-35/h5-6,9-13,38H,7-8,14H2,1-4H3. The first-order valence-corrected chi connectivity index (χ1v) is 13.3. The number of fused-ring (bicyclic) bond motifs is 1. The number of ether oxygens (including phenoxy) is 1. The first-order valence-electron chi connectivity index (χ1n) is 12.5. The summed E-state index contributed by atoms with van der Waals surface area (Å²) in [6.45, 7) is 3.87. The fourth-order valence-electron chi connectivity index (χ4n) is 4.76. The molecule has 1 fully saturated rings. The number of likely N-dealkylation sites (tertiary alicyclic amines) is 1. The number of amides is 1. The van der Waals surface area contributed by atoms with Crippen LogP contribution in [-0.2, 0) is 12.6 Å². The second-order valence-electron chi connectivity index (χ2n) is 10.6. The molecule has 5 rings (SSSR count). The van der Waals surface area contributed by atoms with Crippen LogP contribution in [0, 0.1) is 18.6 Å². The highest BCUT2D eigenvalue weighted by Crippen LogP contribution is 2.42. The van der Waals surface area contributed by atoms with Gasteiger partial charge < -0.3 is 19.3 Å². The number of thiophene rings is 1. The SMILES string of the molecule is Cc1cc(F)cc(F)c1Oc1ccc(C(C)(C)O)cc1-c1cn(C)c(=O)c2sc(C(=O)N3CCC(F)(F)C3)cc12. The number of aromatic nitrogens is 1. The molecular formula is C29H26F4N2O4S. The summed E-state index contributed by atoms with van der Waals surface area (Å²) in [6.07, 6.45) is 1.10. The van der Waals surface area contributed by atoms with E-state index >= 15 is 0 Å². The number of alkyl halides is 2. The molecule has 1 saturated heterocycles. The van der Waals surface area contributed by atoms with Crippen molar-refractivity contribution in [3.05, 3.63) is 80.6 Å². The molecule has 11 heteroatoms. The number of carbonyl (C=O) groups is 1. The molecule has 2 aromatic heterocycles. The van der Waals surface area contributed by atoms with Crippen LogP contribution in [0.2, 0.25) is 0 Å². The van der Waals surface area contributed by atoms with E-state index in [0.29, 0.717) is 28.1 Å². The molecule has 0 spiro atoms. The Morgan fingerprint density at radius 1 is 1.12 bits per heavy atom. The number of pyridine rings is 1. The summed E-state index contributed by atoms with van der Waals surface area (Å²) in [5.74, 6) is -5.28. The van der Waals surface area contributed by atoms with Crippen LogP contribution in [0.4, 0.5) is 17.6 Å². The summed E-state index contributed by atoms with van der Waals surface area (Å²) < 4.78 is 63.5. The number of rotatable bonds is 5. The highest BCUT2D eigenvalue weighted by Gasteiger charge is 2.41. The maximum Gasteiger partial charge on any atom is 0.268 e. The quantitative estimate of drug-likeness (QED) is 0.282. The third kappa shape index (κ3) is 5.11. The second-order valence-corrected chi connectivity index (χ2v) is 11.6. The Balaban J connectivity index is 1.70. The molecule has 1 aliphatic heterocycles. The average molecular weight is 575 g/mol. The number of aliphatic hydroxyl groups is 1. The molecule has 210 valence electrons. The van der Waals surface area contributed by atoms with E-state index in [1.807, 2.05) is 0 Å². The third-order valence-electron chi connectivity index (χ3n) is 6.91. The fourth-order valence-corrected chi connectivity index (χ4v) is 5.88. The van der Waals surface area contributed by atoms with Crippen LogP contribution in [-0.4, -0.2) is 39.5 Å². The van der Waals surface area contributed by atoms with Crippen molar-refractivity contribution >= 4 is 27.3 Å². The van der Waals surface area contributed by atoms with Crippen LogP contribution >= 0.6 is 11.3 Å². The largest absolute Gasteiger partial charge is 0.453 e. The Kier molecular flexibility index (Phi) is 6.78. The number of hydrogen-bond acceptors (Lipinski definition) is 5. The molecule has 0 radical (unpaired) electrons. The van der Waals surface area contributed by atoms with Crippen molar-refractivity contribution < 1.29 is 32.2 Å². The van der Waals surface area contributed by atoms with Crippen molar-refractivity contribution in [3.8, 4) is 22.6 Å². The summed E-state index contributed by atoms with van der Waals surface area (Å²) in [7, 11) is 1.53. The monoisotopic (exact) mass is 574 g/mol. The van der Waals surface area contributed by atoms with Gasteiger partial charge in [0, 0.05) is 48.8 Å². The predicted octanol–water partition coefficient (Wildman–Crippen LogP) is 6.35. The van der Waals surface area contributed by atoms with Crippen molar-refractivity contribution in [1.82, 2.24) is 9.47 Å². The van der Waals surface area contributed by atoms with Gasteiger partial charge in [0.2, 0.25) is 0 Å². The van der Waals surface area contributed by atoms with Gasteiger partial charge in [-0.15, -0.1) is 11.3 Å². The van der Waals surface area contributed by atoms with E-state index in [4.69, 9.17) is 4.74 Å². The molecule has 0 bridgehead atoms. The van der Waals surface area contributed by atoms with E-state index in [1.54, 1.807) is 26.0 Å². The topological polar surface area (TPSA) is 71.8 Å². The number of carbonyl (C=O) groups excluding carboxylic acids is 1. The second kappa shape index (κ2) is 9.74. The normalized spacial score (nSPS) is 15.2. The van der Waals surface area contributed by atoms with E-state index in [9.17, 15) is 32.3 Å². The maximum atomic E-state index is 14.7. The van der Waals surface area contributed by atoms with Crippen LogP contribution in [0.1, 0.15) is 41.1 Å². The molecule has 1 N–H and O–H groups in total. The Morgan fingerprint density at radius 2 is 1.85 bits per heavy atom. The molecule has 4 aromatic rings. The number of aryl methyl sites for hydroxylation is 2. The van der Waals surface area contributed by atoms with E-state index in [2.05, 4.69) is 0 Å². The van der Waals surface area contributed by atoms with Crippen molar-refractivity contribution in [2.24, 2.45) is 7.05 Å². The Hall–Kier alpha value is -3.70. The van der Waals surface area contributed by atoms with Crippen LogP contribution in [0.5, 0.6) is 11.5 Å². The molecule has 1 aliphatic rings. The molecule has 1 amide bonds. The molecule has 0 atom stereocenters. The van der Waals surface area contributed by atoms with E-state index in [0.717, 1.165) is 22.3 Å². The lowest BCUT2D eigenvalue weighted by Crippen LogP contribution is -2.30. The zero-order chi connectivity index (χ0) is 29.1. The summed E-state index contributed by atoms with van der Waals surface area (Å²) in [5.41, 5.74) is -0.171. The molecule has 3 heterocycles. The van der Waals surface area contributed by atoms with Gasteiger partial charge in [0.05, 0.1) is 17.0 Å². The lowest BCUT2D eigenvalue weighted by atomic mass is 9.93. The van der Waals surface area contributed by atoms with Crippen molar-refractivity contribution in [2.75, 3.05) is 13.1 Å². The van der Waals surface area contributed by atoms with Gasteiger partial charge in [0.25, 0.3) is 17.4 Å². The van der Waals surface area contributed by atoms with Crippen LogP contribution in [0.3, 0.4) is 0 Å². The van der Waals surface area contributed by atoms with Crippen LogP contribution in [0.15, 0.2) is 47.4 Å². The minimum Gasteiger partial charge on any atom is -0.453 e. The third-order valence-corrected chi connectivity index (χ3v) is 8.02. The maximum absolute atomic E-state index is 14.7. The summed E-state index contributed by atoms with van der Waals surface area (Å²) in [6, 6.07) is 8.09. The summed E-state index contributed by atoms with van der Waals surface area (Å²) in [5, 5.41) is 11.1. The lowest BCUT2D eigenvalue weighted by Gasteiger charge is -2.21. The van der Waals surface area contributed by atoms with Crippen LogP contribution in [0.25, 0.3) is 21.2 Å². The lowest BCUT2D eigenvalue weighted by molar-refractivity contribution is 0.0121. The van der Waals surface area contributed by atoms with E-state index in [1.165, 1.54) is 36.9 Å². The molecular weight excluding hydrogens is 548 g/mol. The highest BCUT2D eigenvalue weighted by molar-refractivity contribution is 7.20. The van der Waals surface area contributed by atoms with Gasteiger partial charge in [-0.1, -0.05) is 6.07 Å². The van der Waals surface area contributed by atoms with Gasteiger partial charge in [0.15, 0.2) is 11.6 Å². The first-order chi connectivity index (χ1) is 18.6. The fraction of sp³-hybridized carbons (Fsp3) is 0.310. The molecule has 0 saturated carbocycles. The van der Waals surface area contributed by atoms with E-state index in [-0.39, 0.29) is 33.2 Å². The predicted molar refractivity (Wildman–Crippen MR) is 144 cm³/mol. The summed E-state index contributed by atoms with van der Waals surface area (Å²) in [4.78, 5) is 27.4. The van der Waals surface area contributed by atoms with Gasteiger partial charge in [-0.25, -0.2) is 17.6 Å². The Labute approximate surface area is 231 Å². The smallest absolute Gasteiger partial charge is 0.268 e. The van der Waals surface area contributed by atoms with Crippen molar-refractivity contribution in [3.63, 3.8) is 0 Å². The highest BCUT2D eigenvalue weighted by atomic mass is 32.1. The number of halogens is 4. The van der Waals surface area contributed by atoms with E-state index < -0.39 is 47.6 Å². The van der Waals surface area contributed by atoms with Gasteiger partial charge >= 0.3 is 0 Å². The zero-order valence-corrected chi connectivity index (χ0v) is 23.0. The number of hydrogen-bond donors (Lipinski definition) is 1. The van der Waals surface area contributed by atoms with Crippen molar-refractivity contribution in [1.29, 1.82) is 0 Å². The molecule has 0 aliphatic carbocycles. The Morgan fingerprint density at radius 3 is 2.48 bits per heavy atom. The molecule has 0 unspecified atom stereocenters. The van der Waals surface area contributed by atoms with Crippen LogP contribution < -0.4 is 10.3 Å². The van der Waals surface area contributed by atoms with Gasteiger partial charge in [-0.3, -0.25) is 9.59 Å². The Bertz CT molecular complexity index is 1700. The first kappa shape index (κ1) is 27.9. The molecule has 40 heavy (non-hydrogen) atoms. The van der Waals surface area contributed by atoms with Gasteiger partial charge in [-0.05, 0) is 56.2 Å². The minimum absolute atomic E-state index is 0.0981. The zero-order valence-electron chi connectivity index (χ0n) is 22.1. The summed E-state index contributed by atoms with van der Waals surface area (Å²) >= 11 is 0.907. The van der Waals surface area contributed by atoms with Gasteiger partial charge in [-0.2, -0.15) is 0 Å². The minimum atomic E-state index is -2.97. The average Bonchev–Trinajstić information content (AvgIpc) is 3.46. The van der Waals surface area contributed by atoms with Crippen molar-refractivity contribution in [2.45, 2.75) is 38.7 Å². The molecule has 6 nitrogen and oxygen atoms in total. The number of benzene rings is 2. The molecule has 2 aromatic carbocycles. The van der Waals surface area contributed by atoms with Gasteiger partial charge in [0.1, 0.15) is 16.3 Å². The number of nitrogens with zero attached hydrogens (tertiary/aromatic N) is 2.